The first-order valence-electron chi connectivity index (χ1n) is 7.03. The number of nitrogen functional groups attached to an aromatic ring is 1. The molecule has 0 saturated heterocycles. The van der Waals surface area contributed by atoms with Gasteiger partial charge in [-0.25, -0.2) is 0 Å². The van der Waals surface area contributed by atoms with Crippen molar-refractivity contribution >= 4 is 5.69 Å². The molecule has 2 rings (SSSR count). The Bertz CT molecular complexity index is 545. The van der Waals surface area contributed by atoms with Crippen LogP contribution in [0.1, 0.15) is 5.56 Å². The van der Waals surface area contributed by atoms with Gasteiger partial charge in [0.2, 0.25) is 0 Å². The van der Waals surface area contributed by atoms with Crippen LogP contribution in [0.4, 0.5) is 5.69 Å². The maximum absolute atomic E-state index is 10.0. The Morgan fingerprint density at radius 2 is 1.76 bits per heavy atom. The molecule has 0 radical (unpaired) electrons. The highest BCUT2D eigenvalue weighted by Crippen LogP contribution is 2.19. The number of ether oxygens (including phenoxy) is 1. The summed E-state index contributed by atoms with van der Waals surface area (Å²) in [6.07, 6.45) is -0.557. The van der Waals surface area contributed by atoms with Crippen LogP contribution in [0.15, 0.2) is 54.6 Å². The van der Waals surface area contributed by atoms with Crippen LogP contribution in [-0.2, 0) is 6.54 Å². The first kappa shape index (κ1) is 15.4. The van der Waals surface area contributed by atoms with Crippen LogP contribution < -0.4 is 10.5 Å². The molecule has 0 aliphatic rings. The van der Waals surface area contributed by atoms with E-state index in [0.717, 1.165) is 6.54 Å². The predicted octanol–water partition coefficient (Wildman–Crippen LogP) is 2.14. The molecular weight excluding hydrogens is 264 g/mol. The Kier molecular flexibility index (Phi) is 5.60. The maximum atomic E-state index is 10.0. The highest BCUT2D eigenvalue weighted by atomic mass is 16.5. The molecule has 1 unspecified atom stereocenters. The Labute approximate surface area is 125 Å². The molecule has 4 heteroatoms. The van der Waals surface area contributed by atoms with Crippen molar-refractivity contribution in [2.45, 2.75) is 12.6 Å². The van der Waals surface area contributed by atoms with E-state index in [1.165, 1.54) is 5.56 Å². The van der Waals surface area contributed by atoms with E-state index >= 15 is 0 Å². The molecule has 0 aliphatic heterocycles. The Hall–Kier alpha value is -2.04. The number of anilines is 1. The average Bonchev–Trinajstić information content (AvgIpc) is 2.47. The molecule has 0 saturated carbocycles. The fourth-order valence-electron chi connectivity index (χ4n) is 2.17. The van der Waals surface area contributed by atoms with Gasteiger partial charge < -0.3 is 15.6 Å². The monoisotopic (exact) mass is 286 g/mol. The quantitative estimate of drug-likeness (QED) is 0.766. The van der Waals surface area contributed by atoms with Gasteiger partial charge in [0.25, 0.3) is 0 Å². The standard InChI is InChI=1S/C17H22N2O2/c1-19(11-14-7-3-2-4-8-14)12-15(20)13-21-17-10-6-5-9-16(17)18/h2-10,15,20H,11-13,18H2,1H3. The van der Waals surface area contributed by atoms with Gasteiger partial charge in [0, 0.05) is 13.1 Å². The molecule has 112 valence electrons. The number of benzene rings is 2. The number of hydrogen-bond acceptors (Lipinski definition) is 4. The molecule has 0 amide bonds. The van der Waals surface area contributed by atoms with E-state index in [9.17, 15) is 5.11 Å². The lowest BCUT2D eigenvalue weighted by Crippen LogP contribution is -2.32. The summed E-state index contributed by atoms with van der Waals surface area (Å²) < 4.78 is 5.55. The molecular formula is C17H22N2O2. The molecule has 0 aliphatic carbocycles. The number of nitrogens with two attached hydrogens (primary N) is 1. The number of rotatable bonds is 7. The van der Waals surface area contributed by atoms with Crippen LogP contribution in [-0.4, -0.2) is 36.3 Å². The maximum Gasteiger partial charge on any atom is 0.142 e. The zero-order valence-electron chi connectivity index (χ0n) is 12.3. The van der Waals surface area contributed by atoms with E-state index in [2.05, 4.69) is 17.0 Å². The van der Waals surface area contributed by atoms with E-state index < -0.39 is 6.10 Å². The minimum absolute atomic E-state index is 0.230. The number of likely N-dealkylation sites (N-methyl/N-ethyl adjacent to an activating group) is 1. The fourth-order valence-corrected chi connectivity index (χ4v) is 2.17. The Morgan fingerprint density at radius 3 is 2.48 bits per heavy atom. The molecule has 0 aromatic heterocycles. The third-order valence-corrected chi connectivity index (χ3v) is 3.17. The minimum Gasteiger partial charge on any atom is -0.489 e. The Morgan fingerprint density at radius 1 is 1.10 bits per heavy atom. The highest BCUT2D eigenvalue weighted by Gasteiger charge is 2.10. The fraction of sp³-hybridized carbons (Fsp3) is 0.294. The van der Waals surface area contributed by atoms with Gasteiger partial charge >= 0.3 is 0 Å². The van der Waals surface area contributed by atoms with Crippen LogP contribution in [0, 0.1) is 0 Å². The smallest absolute Gasteiger partial charge is 0.142 e. The van der Waals surface area contributed by atoms with Gasteiger partial charge in [-0.15, -0.1) is 0 Å². The summed E-state index contributed by atoms with van der Waals surface area (Å²) in [5.41, 5.74) is 7.60. The van der Waals surface area contributed by atoms with Crippen LogP contribution in [0.3, 0.4) is 0 Å². The molecule has 1 atom stereocenters. The first-order chi connectivity index (χ1) is 10.1. The zero-order chi connectivity index (χ0) is 15.1. The molecule has 21 heavy (non-hydrogen) atoms. The molecule has 0 spiro atoms. The van der Waals surface area contributed by atoms with Gasteiger partial charge in [-0.2, -0.15) is 0 Å². The van der Waals surface area contributed by atoms with E-state index in [1.54, 1.807) is 12.1 Å². The van der Waals surface area contributed by atoms with Crippen molar-refractivity contribution in [1.29, 1.82) is 0 Å². The van der Waals surface area contributed by atoms with E-state index in [-0.39, 0.29) is 6.61 Å². The topological polar surface area (TPSA) is 58.7 Å². The van der Waals surface area contributed by atoms with Crippen molar-refractivity contribution in [1.82, 2.24) is 4.90 Å². The largest absolute Gasteiger partial charge is 0.489 e. The summed E-state index contributed by atoms with van der Waals surface area (Å²) in [6, 6.07) is 17.5. The molecule has 2 aromatic carbocycles. The van der Waals surface area contributed by atoms with Gasteiger partial charge in [0.1, 0.15) is 18.5 Å². The van der Waals surface area contributed by atoms with Crippen LogP contribution in [0.5, 0.6) is 5.75 Å². The van der Waals surface area contributed by atoms with Crippen molar-refractivity contribution in [3.05, 3.63) is 60.2 Å². The lowest BCUT2D eigenvalue weighted by atomic mass is 10.2. The van der Waals surface area contributed by atoms with Crippen molar-refractivity contribution in [3.8, 4) is 5.75 Å². The van der Waals surface area contributed by atoms with Crippen molar-refractivity contribution in [2.24, 2.45) is 0 Å². The van der Waals surface area contributed by atoms with Crippen molar-refractivity contribution < 1.29 is 9.84 Å². The summed E-state index contributed by atoms with van der Waals surface area (Å²) in [7, 11) is 1.98. The van der Waals surface area contributed by atoms with Crippen molar-refractivity contribution in [3.63, 3.8) is 0 Å². The number of aliphatic hydroxyl groups is 1. The number of para-hydroxylation sites is 2. The van der Waals surface area contributed by atoms with Gasteiger partial charge in [-0.3, -0.25) is 4.90 Å². The SMILES string of the molecule is CN(Cc1ccccc1)CC(O)COc1ccccc1N. The molecule has 2 aromatic rings. The molecule has 0 bridgehead atoms. The zero-order valence-corrected chi connectivity index (χ0v) is 12.3. The number of hydrogen-bond donors (Lipinski definition) is 2. The molecule has 4 nitrogen and oxygen atoms in total. The second-order valence-electron chi connectivity index (χ2n) is 5.19. The summed E-state index contributed by atoms with van der Waals surface area (Å²) in [6.45, 7) is 1.57. The second kappa shape index (κ2) is 7.67. The van der Waals surface area contributed by atoms with E-state index in [1.807, 2.05) is 37.4 Å². The number of aliphatic hydroxyl groups excluding tert-OH is 1. The van der Waals surface area contributed by atoms with Gasteiger partial charge in [-0.05, 0) is 24.7 Å². The summed E-state index contributed by atoms with van der Waals surface area (Å²) >= 11 is 0. The lowest BCUT2D eigenvalue weighted by Gasteiger charge is -2.21. The van der Waals surface area contributed by atoms with E-state index in [4.69, 9.17) is 10.5 Å². The van der Waals surface area contributed by atoms with Crippen LogP contribution in [0.25, 0.3) is 0 Å². The van der Waals surface area contributed by atoms with Gasteiger partial charge in [-0.1, -0.05) is 42.5 Å². The van der Waals surface area contributed by atoms with Crippen molar-refractivity contribution in [2.75, 3.05) is 25.9 Å². The molecule has 0 fully saturated rings. The van der Waals surface area contributed by atoms with Gasteiger partial charge in [0.05, 0.1) is 5.69 Å². The summed E-state index contributed by atoms with van der Waals surface area (Å²) in [5, 5.41) is 10.0. The number of nitrogens with zero attached hydrogens (tertiary/aromatic N) is 1. The van der Waals surface area contributed by atoms with Gasteiger partial charge in [0.15, 0.2) is 0 Å². The first-order valence-corrected chi connectivity index (χ1v) is 7.03. The Balaban J connectivity index is 1.76. The predicted molar refractivity (Wildman–Crippen MR) is 85.1 cm³/mol. The highest BCUT2D eigenvalue weighted by molar-refractivity contribution is 5.51. The van der Waals surface area contributed by atoms with Crippen LogP contribution in [0.2, 0.25) is 0 Å². The van der Waals surface area contributed by atoms with E-state index in [0.29, 0.717) is 18.0 Å². The summed E-state index contributed by atoms with van der Waals surface area (Å²) in [4.78, 5) is 2.07. The molecule has 0 heterocycles. The lowest BCUT2D eigenvalue weighted by molar-refractivity contribution is 0.0747. The minimum atomic E-state index is -0.557. The summed E-state index contributed by atoms with van der Waals surface area (Å²) in [5.74, 6) is 0.613. The third-order valence-electron chi connectivity index (χ3n) is 3.17. The average molecular weight is 286 g/mol. The second-order valence-corrected chi connectivity index (χ2v) is 5.19. The molecule has 3 N–H and O–H groups in total. The normalized spacial score (nSPS) is 12.3. The third kappa shape index (κ3) is 5.10. The van der Waals surface area contributed by atoms with Crippen LogP contribution >= 0.6 is 0 Å².